The number of rotatable bonds is 4. The number of hydrogen-bond acceptors (Lipinski definition) is 2. The summed E-state index contributed by atoms with van der Waals surface area (Å²) in [5.74, 6) is -1.57. The highest BCUT2D eigenvalue weighted by Crippen LogP contribution is 2.10. The summed E-state index contributed by atoms with van der Waals surface area (Å²) in [6.45, 7) is -0.170. The third kappa shape index (κ3) is 3.16. The first-order valence-electron chi connectivity index (χ1n) is 4.03. The first-order valence-corrected chi connectivity index (χ1v) is 5.52. The van der Waals surface area contributed by atoms with Crippen molar-refractivity contribution in [2.24, 2.45) is 0 Å². The lowest BCUT2D eigenvalue weighted by Gasteiger charge is -2.01. The molecule has 0 aliphatic heterocycles. The second-order valence-corrected chi connectivity index (χ2v) is 4.34. The molecule has 0 aliphatic rings. The molecular weight excluding hydrogens is 210 g/mol. The monoisotopic (exact) mass is 220 g/mol. The molecule has 0 spiro atoms. The average molecular weight is 220 g/mol. The Kier molecular flexibility index (Phi) is 4.16. The second kappa shape index (κ2) is 5.17. The summed E-state index contributed by atoms with van der Waals surface area (Å²) in [6.07, 6.45) is 0. The van der Waals surface area contributed by atoms with Gasteiger partial charge in [-0.2, -0.15) is 0 Å². The van der Waals surface area contributed by atoms with Gasteiger partial charge in [-0.15, -0.1) is 0 Å². The van der Waals surface area contributed by atoms with Gasteiger partial charge in [-0.05, 0) is 17.7 Å². The Bertz CT molecular complexity index is 342. The molecule has 1 unspecified atom stereocenters. The van der Waals surface area contributed by atoms with Crippen LogP contribution in [0.2, 0.25) is 0 Å². The molecule has 1 atom stereocenters. The minimum atomic E-state index is -1.23. The van der Waals surface area contributed by atoms with Crippen molar-refractivity contribution < 1.29 is 18.1 Å². The molecule has 1 rings (SSSR count). The van der Waals surface area contributed by atoms with Crippen molar-refractivity contribution >= 4 is 10.8 Å². The van der Waals surface area contributed by atoms with E-state index in [9.17, 15) is 13.0 Å². The SMILES string of the molecule is O=S(CCO)Cc1ccc(F)c(F)c1. The molecule has 0 aromatic heterocycles. The van der Waals surface area contributed by atoms with Gasteiger partial charge in [-0.25, -0.2) is 8.78 Å². The molecule has 0 aliphatic carbocycles. The fourth-order valence-corrected chi connectivity index (χ4v) is 1.89. The second-order valence-electron chi connectivity index (χ2n) is 2.76. The van der Waals surface area contributed by atoms with E-state index in [0.717, 1.165) is 12.1 Å². The van der Waals surface area contributed by atoms with E-state index >= 15 is 0 Å². The van der Waals surface area contributed by atoms with E-state index in [-0.39, 0.29) is 18.1 Å². The smallest absolute Gasteiger partial charge is 0.159 e. The van der Waals surface area contributed by atoms with Crippen molar-refractivity contribution in [2.75, 3.05) is 12.4 Å². The van der Waals surface area contributed by atoms with Crippen molar-refractivity contribution in [3.63, 3.8) is 0 Å². The summed E-state index contributed by atoms with van der Waals surface area (Å²) in [5.41, 5.74) is 0.468. The highest BCUT2D eigenvalue weighted by molar-refractivity contribution is 7.84. The largest absolute Gasteiger partial charge is 0.395 e. The van der Waals surface area contributed by atoms with Crippen LogP contribution in [-0.4, -0.2) is 21.7 Å². The van der Waals surface area contributed by atoms with Gasteiger partial charge in [0.15, 0.2) is 11.6 Å². The van der Waals surface area contributed by atoms with Crippen LogP contribution < -0.4 is 0 Å². The molecule has 78 valence electrons. The molecule has 1 N–H and O–H groups in total. The zero-order chi connectivity index (χ0) is 10.6. The summed E-state index contributed by atoms with van der Waals surface area (Å²) in [4.78, 5) is 0. The van der Waals surface area contributed by atoms with Crippen LogP contribution in [0.4, 0.5) is 8.78 Å². The summed E-state index contributed by atoms with van der Waals surface area (Å²) in [5, 5.41) is 8.49. The highest BCUT2D eigenvalue weighted by atomic mass is 32.2. The van der Waals surface area contributed by atoms with E-state index in [2.05, 4.69) is 0 Å². The molecule has 0 amide bonds. The van der Waals surface area contributed by atoms with Gasteiger partial charge in [0.1, 0.15) is 0 Å². The maximum atomic E-state index is 12.7. The van der Waals surface area contributed by atoms with Crippen molar-refractivity contribution in [1.82, 2.24) is 0 Å². The van der Waals surface area contributed by atoms with E-state index in [0.29, 0.717) is 5.56 Å². The fraction of sp³-hybridized carbons (Fsp3) is 0.333. The number of aliphatic hydroxyl groups is 1. The maximum absolute atomic E-state index is 12.7. The van der Waals surface area contributed by atoms with Gasteiger partial charge in [0.2, 0.25) is 0 Å². The van der Waals surface area contributed by atoms with Crippen LogP contribution >= 0.6 is 0 Å². The van der Waals surface area contributed by atoms with Crippen LogP contribution in [0.1, 0.15) is 5.56 Å². The molecule has 0 bridgehead atoms. The molecule has 0 heterocycles. The highest BCUT2D eigenvalue weighted by Gasteiger charge is 2.05. The number of benzene rings is 1. The summed E-state index contributed by atoms with van der Waals surface area (Å²) >= 11 is 0. The van der Waals surface area contributed by atoms with Crippen molar-refractivity contribution in [3.8, 4) is 0 Å². The van der Waals surface area contributed by atoms with Gasteiger partial charge in [-0.3, -0.25) is 4.21 Å². The van der Waals surface area contributed by atoms with E-state index in [1.807, 2.05) is 0 Å². The Morgan fingerprint density at radius 1 is 1.29 bits per heavy atom. The third-order valence-electron chi connectivity index (χ3n) is 1.63. The summed E-state index contributed by atoms with van der Waals surface area (Å²) in [6, 6.07) is 3.40. The van der Waals surface area contributed by atoms with Crippen LogP contribution in [0.25, 0.3) is 0 Å². The molecule has 0 fully saturated rings. The Morgan fingerprint density at radius 2 is 2.00 bits per heavy atom. The molecule has 5 heteroatoms. The van der Waals surface area contributed by atoms with E-state index in [1.54, 1.807) is 0 Å². The van der Waals surface area contributed by atoms with Crippen molar-refractivity contribution in [2.45, 2.75) is 5.75 Å². The quantitative estimate of drug-likeness (QED) is 0.828. The standard InChI is InChI=1S/C9H10F2O2S/c10-8-2-1-7(5-9(8)11)6-14(13)4-3-12/h1-2,5,12H,3-4,6H2. The summed E-state index contributed by atoms with van der Waals surface area (Å²) < 4.78 is 36.3. The zero-order valence-electron chi connectivity index (χ0n) is 7.37. The van der Waals surface area contributed by atoms with Crippen LogP contribution in [0, 0.1) is 11.6 Å². The van der Waals surface area contributed by atoms with Gasteiger partial charge in [-0.1, -0.05) is 6.07 Å². The van der Waals surface area contributed by atoms with Gasteiger partial charge < -0.3 is 5.11 Å². The minimum absolute atomic E-state index is 0.137. The van der Waals surface area contributed by atoms with E-state index in [1.165, 1.54) is 6.07 Å². The lowest BCUT2D eigenvalue weighted by atomic mass is 10.2. The zero-order valence-corrected chi connectivity index (χ0v) is 8.19. The lowest BCUT2D eigenvalue weighted by Crippen LogP contribution is -2.04. The first-order chi connectivity index (χ1) is 6.63. The molecular formula is C9H10F2O2S. The Morgan fingerprint density at radius 3 is 2.57 bits per heavy atom. The van der Waals surface area contributed by atoms with Crippen LogP contribution in [0.3, 0.4) is 0 Å². The molecule has 0 radical (unpaired) electrons. The molecule has 2 nitrogen and oxygen atoms in total. The average Bonchev–Trinajstić information content (AvgIpc) is 2.12. The van der Waals surface area contributed by atoms with Crippen LogP contribution in [0.15, 0.2) is 18.2 Å². The number of aliphatic hydroxyl groups excluding tert-OH is 1. The molecule has 0 saturated heterocycles. The van der Waals surface area contributed by atoms with Gasteiger partial charge >= 0.3 is 0 Å². The fourth-order valence-electron chi connectivity index (χ4n) is 0.989. The predicted octanol–water partition coefficient (Wildman–Crippen LogP) is 1.21. The molecule has 0 saturated carbocycles. The van der Waals surface area contributed by atoms with Gasteiger partial charge in [0, 0.05) is 22.3 Å². The Labute approximate surface area is 83.0 Å². The van der Waals surface area contributed by atoms with Crippen molar-refractivity contribution in [3.05, 3.63) is 35.4 Å². The third-order valence-corrected chi connectivity index (χ3v) is 2.92. The maximum Gasteiger partial charge on any atom is 0.159 e. The van der Waals surface area contributed by atoms with E-state index in [4.69, 9.17) is 5.11 Å². The lowest BCUT2D eigenvalue weighted by molar-refractivity contribution is 0.321. The first kappa shape index (κ1) is 11.3. The Balaban J connectivity index is 2.68. The topological polar surface area (TPSA) is 37.3 Å². The van der Waals surface area contributed by atoms with Crippen LogP contribution in [-0.2, 0) is 16.6 Å². The van der Waals surface area contributed by atoms with Crippen molar-refractivity contribution in [1.29, 1.82) is 0 Å². The minimum Gasteiger partial charge on any atom is -0.395 e. The molecule has 14 heavy (non-hydrogen) atoms. The predicted molar refractivity (Wildman–Crippen MR) is 50.2 cm³/mol. The van der Waals surface area contributed by atoms with Gasteiger partial charge in [0.05, 0.1) is 6.61 Å². The normalized spacial score (nSPS) is 12.8. The number of halogens is 2. The molecule has 1 aromatic carbocycles. The van der Waals surface area contributed by atoms with Gasteiger partial charge in [0.25, 0.3) is 0 Å². The summed E-state index contributed by atoms with van der Waals surface area (Å²) in [7, 11) is -1.23. The molecule has 1 aromatic rings. The van der Waals surface area contributed by atoms with E-state index < -0.39 is 22.4 Å². The number of hydrogen-bond donors (Lipinski definition) is 1. The Hall–Kier alpha value is -0.810. The van der Waals surface area contributed by atoms with Crippen LogP contribution in [0.5, 0.6) is 0 Å².